The summed E-state index contributed by atoms with van der Waals surface area (Å²) in [5.41, 5.74) is 0. The number of allylic oxidation sites excluding steroid dienone is 4. The van der Waals surface area contributed by atoms with Gasteiger partial charge in [-0.1, -0.05) is 385 Å². The van der Waals surface area contributed by atoms with Crippen molar-refractivity contribution in [2.24, 2.45) is 0 Å². The normalized spacial score (nSPS) is 12.6. The van der Waals surface area contributed by atoms with Crippen LogP contribution in [0.1, 0.15) is 431 Å². The second-order valence-corrected chi connectivity index (χ2v) is 26.3. The van der Waals surface area contributed by atoms with Gasteiger partial charge in [0.05, 0.1) is 25.4 Å². The van der Waals surface area contributed by atoms with Gasteiger partial charge in [-0.05, 0) is 57.8 Å². The Morgan fingerprint density at radius 2 is 0.602 bits per heavy atom. The van der Waals surface area contributed by atoms with E-state index < -0.39 is 12.1 Å². The third-order valence-electron chi connectivity index (χ3n) is 18.0. The third-order valence-corrected chi connectivity index (χ3v) is 18.0. The molecule has 0 bridgehead atoms. The molecule has 0 aliphatic carbocycles. The van der Waals surface area contributed by atoms with Gasteiger partial charge in [0.25, 0.3) is 0 Å². The maximum Gasteiger partial charge on any atom is 0.305 e. The van der Waals surface area contributed by atoms with Crippen molar-refractivity contribution < 1.29 is 24.5 Å². The van der Waals surface area contributed by atoms with E-state index in [9.17, 15) is 19.8 Å². The summed E-state index contributed by atoms with van der Waals surface area (Å²) in [6.07, 6.45) is 92.6. The zero-order chi connectivity index (χ0) is 59.9. The largest absolute Gasteiger partial charge is 0.466 e. The first-order chi connectivity index (χ1) is 41.0. The highest BCUT2D eigenvalue weighted by molar-refractivity contribution is 5.76. The molecule has 0 rings (SSSR count). The molecule has 0 heterocycles. The van der Waals surface area contributed by atoms with E-state index in [1.807, 2.05) is 0 Å². The molecule has 6 heteroatoms. The van der Waals surface area contributed by atoms with Crippen LogP contribution in [-0.4, -0.2) is 47.4 Å². The van der Waals surface area contributed by atoms with Crippen LogP contribution in [0, 0.1) is 0 Å². The van der Waals surface area contributed by atoms with E-state index >= 15 is 0 Å². The van der Waals surface area contributed by atoms with Crippen molar-refractivity contribution >= 4 is 11.9 Å². The molecule has 0 radical (unpaired) electrons. The van der Waals surface area contributed by atoms with E-state index in [2.05, 4.69) is 43.5 Å². The second kappa shape index (κ2) is 72.8. The zero-order valence-electron chi connectivity index (χ0n) is 56.5. The molecule has 0 saturated carbocycles. The number of nitrogens with one attached hydrogen (secondary N) is 1. The summed E-state index contributed by atoms with van der Waals surface area (Å²) < 4.78 is 5.49. The molecule has 0 spiro atoms. The lowest BCUT2D eigenvalue weighted by Crippen LogP contribution is -2.45. The molecule has 1 amide bonds. The van der Waals surface area contributed by atoms with E-state index in [-0.39, 0.29) is 18.5 Å². The number of aliphatic hydroxyl groups is 2. The zero-order valence-corrected chi connectivity index (χ0v) is 56.5. The van der Waals surface area contributed by atoms with E-state index in [0.29, 0.717) is 25.9 Å². The summed E-state index contributed by atoms with van der Waals surface area (Å²) in [5, 5.41) is 23.4. The fourth-order valence-electron chi connectivity index (χ4n) is 12.2. The number of esters is 1. The summed E-state index contributed by atoms with van der Waals surface area (Å²) in [5.74, 6) is -0.00745. The molecule has 0 aromatic heterocycles. The summed E-state index contributed by atoms with van der Waals surface area (Å²) in [6, 6.07) is -0.539. The molecular formula is C77H149NO5. The van der Waals surface area contributed by atoms with Crippen LogP contribution in [0.3, 0.4) is 0 Å². The molecule has 3 N–H and O–H groups in total. The standard InChI is InChI=1S/C77H149NO5/c1-3-5-7-9-11-13-15-17-18-42-46-49-53-57-61-65-69-75(80)74(73-79)78-76(81)70-66-62-58-54-50-47-43-40-38-36-34-32-30-28-26-24-22-20-19-21-23-25-27-29-31-33-35-37-39-41-44-48-52-56-60-64-68-72-83-77(82)71-67-63-59-55-51-45-16-14-12-10-8-6-4-2/h19,21,25,27,74-75,79-80H,3-18,20,22-24,26,28-73H2,1-2H3,(H,78,81)/b21-19-,27-25-. The SMILES string of the molecule is CCCCCCCCCCCCCCCCCCC(O)C(CO)NC(=O)CCCCCCCCCCCCCCCCCCC/C=C\C/C=C\CCCCCCCCCCCCCCCOC(=O)CCCCCCCCCCCCCCC. The Morgan fingerprint density at radius 3 is 0.916 bits per heavy atom. The van der Waals surface area contributed by atoms with E-state index in [1.54, 1.807) is 0 Å². The van der Waals surface area contributed by atoms with Crippen molar-refractivity contribution in [3.8, 4) is 0 Å². The first kappa shape index (κ1) is 81.3. The molecule has 0 saturated heterocycles. The first-order valence-electron chi connectivity index (χ1n) is 38.1. The number of rotatable bonds is 72. The number of unbranched alkanes of at least 4 members (excludes halogenated alkanes) is 57. The average Bonchev–Trinajstić information content (AvgIpc) is 3.49. The third kappa shape index (κ3) is 69.3. The van der Waals surface area contributed by atoms with Crippen molar-refractivity contribution in [3.63, 3.8) is 0 Å². The van der Waals surface area contributed by atoms with Crippen LogP contribution < -0.4 is 5.32 Å². The van der Waals surface area contributed by atoms with Gasteiger partial charge in [0, 0.05) is 12.8 Å². The summed E-state index contributed by atoms with van der Waals surface area (Å²) in [4.78, 5) is 24.6. The Kier molecular flexibility index (Phi) is 71.4. The lowest BCUT2D eigenvalue weighted by Gasteiger charge is -2.22. The fraction of sp³-hybridized carbons (Fsp3) is 0.922. The molecule has 6 nitrogen and oxygen atoms in total. The van der Waals surface area contributed by atoms with Crippen molar-refractivity contribution in [2.45, 2.75) is 443 Å². The Balaban J connectivity index is 3.35. The fourth-order valence-corrected chi connectivity index (χ4v) is 12.2. The molecule has 2 atom stereocenters. The van der Waals surface area contributed by atoms with Gasteiger partial charge in [0.15, 0.2) is 0 Å². The lowest BCUT2D eigenvalue weighted by molar-refractivity contribution is -0.143. The van der Waals surface area contributed by atoms with Crippen LogP contribution in [0.2, 0.25) is 0 Å². The van der Waals surface area contributed by atoms with Crippen LogP contribution in [0.15, 0.2) is 24.3 Å². The van der Waals surface area contributed by atoms with E-state index in [4.69, 9.17) is 4.74 Å². The number of carbonyl (C=O) groups excluding carboxylic acids is 2. The number of carbonyl (C=O) groups is 2. The maximum atomic E-state index is 12.5. The van der Waals surface area contributed by atoms with E-state index in [1.165, 1.54) is 353 Å². The number of hydrogen-bond acceptors (Lipinski definition) is 5. The molecular weight excluding hydrogens is 1020 g/mol. The first-order valence-corrected chi connectivity index (χ1v) is 38.1. The van der Waals surface area contributed by atoms with Crippen LogP contribution in [0.4, 0.5) is 0 Å². The molecule has 2 unspecified atom stereocenters. The number of hydrogen-bond donors (Lipinski definition) is 3. The minimum absolute atomic E-state index is 0.0210. The minimum Gasteiger partial charge on any atom is -0.466 e. The van der Waals surface area contributed by atoms with Gasteiger partial charge in [-0.15, -0.1) is 0 Å². The predicted octanol–water partition coefficient (Wildman–Crippen LogP) is 24.9. The molecule has 492 valence electrons. The Hall–Kier alpha value is -1.66. The Bertz CT molecular complexity index is 1300. The van der Waals surface area contributed by atoms with E-state index in [0.717, 1.165) is 44.9 Å². The van der Waals surface area contributed by atoms with Gasteiger partial charge in [-0.25, -0.2) is 0 Å². The topological polar surface area (TPSA) is 95.9 Å². The van der Waals surface area contributed by atoms with Crippen molar-refractivity contribution in [1.29, 1.82) is 0 Å². The molecule has 0 aliphatic heterocycles. The van der Waals surface area contributed by atoms with Crippen LogP contribution in [0.25, 0.3) is 0 Å². The Morgan fingerprint density at radius 1 is 0.337 bits per heavy atom. The molecule has 0 fully saturated rings. The second-order valence-electron chi connectivity index (χ2n) is 26.3. The highest BCUT2D eigenvalue weighted by Crippen LogP contribution is 2.20. The van der Waals surface area contributed by atoms with Gasteiger partial charge in [0.1, 0.15) is 0 Å². The van der Waals surface area contributed by atoms with Gasteiger partial charge in [-0.2, -0.15) is 0 Å². The van der Waals surface area contributed by atoms with Gasteiger partial charge < -0.3 is 20.3 Å². The van der Waals surface area contributed by atoms with Crippen LogP contribution in [0.5, 0.6) is 0 Å². The van der Waals surface area contributed by atoms with Gasteiger partial charge in [0.2, 0.25) is 5.91 Å². The molecule has 0 aromatic rings. The number of ether oxygens (including phenoxy) is 1. The quantitative estimate of drug-likeness (QED) is 0.0320. The molecule has 0 aromatic carbocycles. The predicted molar refractivity (Wildman–Crippen MR) is 366 cm³/mol. The smallest absolute Gasteiger partial charge is 0.305 e. The summed E-state index contributed by atoms with van der Waals surface area (Å²) in [6.45, 7) is 5.00. The summed E-state index contributed by atoms with van der Waals surface area (Å²) >= 11 is 0. The minimum atomic E-state index is -0.662. The highest BCUT2D eigenvalue weighted by Gasteiger charge is 2.20. The molecule has 0 aliphatic rings. The highest BCUT2D eigenvalue weighted by atomic mass is 16.5. The number of aliphatic hydroxyl groups excluding tert-OH is 2. The maximum absolute atomic E-state index is 12.5. The van der Waals surface area contributed by atoms with Crippen molar-refractivity contribution in [1.82, 2.24) is 5.32 Å². The van der Waals surface area contributed by atoms with Crippen LogP contribution in [-0.2, 0) is 14.3 Å². The lowest BCUT2D eigenvalue weighted by atomic mass is 10.0. The van der Waals surface area contributed by atoms with Gasteiger partial charge >= 0.3 is 5.97 Å². The average molecular weight is 1170 g/mol. The summed E-state index contributed by atoms with van der Waals surface area (Å²) in [7, 11) is 0. The van der Waals surface area contributed by atoms with Gasteiger partial charge in [-0.3, -0.25) is 9.59 Å². The van der Waals surface area contributed by atoms with Crippen LogP contribution >= 0.6 is 0 Å². The molecule has 83 heavy (non-hydrogen) atoms. The van der Waals surface area contributed by atoms with Crippen molar-refractivity contribution in [3.05, 3.63) is 24.3 Å². The number of amides is 1. The monoisotopic (exact) mass is 1170 g/mol. The van der Waals surface area contributed by atoms with Crippen molar-refractivity contribution in [2.75, 3.05) is 13.2 Å². The Labute approximate surface area is 520 Å².